The molecule has 0 fully saturated rings. The van der Waals surface area contributed by atoms with E-state index in [1.165, 1.54) is 0 Å². The first-order chi connectivity index (χ1) is 9.15. The van der Waals surface area contributed by atoms with E-state index >= 15 is 0 Å². The van der Waals surface area contributed by atoms with Crippen molar-refractivity contribution in [3.8, 4) is 11.5 Å². The summed E-state index contributed by atoms with van der Waals surface area (Å²) in [6, 6.07) is 5.44. The molecule has 0 saturated carbocycles. The Bertz CT molecular complexity index is 416. The molecular weight excluding hydrogens is 246 g/mol. The second-order valence-corrected chi connectivity index (χ2v) is 3.92. The van der Waals surface area contributed by atoms with E-state index in [9.17, 15) is 4.79 Å². The van der Waals surface area contributed by atoms with E-state index in [1.807, 2.05) is 19.9 Å². The zero-order valence-corrected chi connectivity index (χ0v) is 11.9. The molecule has 0 aliphatic heterocycles. The maximum absolute atomic E-state index is 11.7. The maximum Gasteiger partial charge on any atom is 0.410 e. The summed E-state index contributed by atoms with van der Waals surface area (Å²) in [5, 5.41) is 0. The first-order valence-electron chi connectivity index (χ1n) is 6.28. The Morgan fingerprint density at radius 1 is 1.11 bits per heavy atom. The van der Waals surface area contributed by atoms with E-state index in [0.717, 1.165) is 5.56 Å². The minimum absolute atomic E-state index is 0.218. The fraction of sp³-hybridized carbons (Fsp3) is 0.500. The quantitative estimate of drug-likeness (QED) is 0.795. The van der Waals surface area contributed by atoms with E-state index in [1.54, 1.807) is 31.3 Å². The number of rotatable bonds is 6. The lowest BCUT2D eigenvalue weighted by Crippen LogP contribution is -2.30. The van der Waals surface area contributed by atoms with Crippen molar-refractivity contribution in [2.45, 2.75) is 20.5 Å². The minimum Gasteiger partial charge on any atom is -0.493 e. The molecule has 19 heavy (non-hydrogen) atoms. The molecule has 0 radical (unpaired) electrons. The second-order valence-electron chi connectivity index (χ2n) is 3.92. The van der Waals surface area contributed by atoms with Crippen molar-refractivity contribution >= 4 is 6.09 Å². The lowest BCUT2D eigenvalue weighted by Gasteiger charge is -2.18. The molecule has 0 aliphatic rings. The summed E-state index contributed by atoms with van der Waals surface area (Å²) < 4.78 is 15.6. The molecule has 0 aromatic heterocycles. The second kappa shape index (κ2) is 7.51. The van der Waals surface area contributed by atoms with Crippen LogP contribution in [-0.4, -0.2) is 38.3 Å². The van der Waals surface area contributed by atoms with Crippen molar-refractivity contribution < 1.29 is 19.0 Å². The summed E-state index contributed by atoms with van der Waals surface area (Å²) in [5.41, 5.74) is 0.859. The van der Waals surface area contributed by atoms with Crippen LogP contribution in [0.2, 0.25) is 0 Å². The van der Waals surface area contributed by atoms with Crippen LogP contribution in [-0.2, 0) is 11.3 Å². The molecule has 0 saturated heterocycles. The molecule has 106 valence electrons. The van der Waals surface area contributed by atoms with Crippen LogP contribution in [0, 0.1) is 0 Å². The fourth-order valence-electron chi connectivity index (χ4n) is 1.69. The summed E-state index contributed by atoms with van der Waals surface area (Å²) in [7, 11) is 3.15. The predicted octanol–water partition coefficient (Wildman–Crippen LogP) is 2.68. The van der Waals surface area contributed by atoms with E-state index in [2.05, 4.69) is 0 Å². The Morgan fingerprint density at radius 3 is 2.26 bits per heavy atom. The number of carbonyl (C=O) groups is 1. The largest absolute Gasteiger partial charge is 0.493 e. The third-order valence-electron chi connectivity index (χ3n) is 2.83. The average Bonchev–Trinajstić information content (AvgIpc) is 2.45. The van der Waals surface area contributed by atoms with Crippen molar-refractivity contribution in [1.29, 1.82) is 0 Å². The Labute approximate surface area is 114 Å². The molecule has 0 unspecified atom stereocenters. The van der Waals surface area contributed by atoms with Gasteiger partial charge >= 0.3 is 6.09 Å². The van der Waals surface area contributed by atoms with Gasteiger partial charge in [-0.3, -0.25) is 0 Å². The number of nitrogens with zero attached hydrogens (tertiary/aromatic N) is 1. The molecular formula is C14H21NO4. The zero-order chi connectivity index (χ0) is 14.3. The number of ether oxygens (including phenoxy) is 3. The normalized spacial score (nSPS) is 9.89. The van der Waals surface area contributed by atoms with Crippen LogP contribution < -0.4 is 9.47 Å². The van der Waals surface area contributed by atoms with Gasteiger partial charge in [-0.05, 0) is 31.5 Å². The van der Waals surface area contributed by atoms with Crippen molar-refractivity contribution in [2.75, 3.05) is 27.3 Å². The number of hydrogen-bond acceptors (Lipinski definition) is 4. The van der Waals surface area contributed by atoms with E-state index < -0.39 is 0 Å². The average molecular weight is 267 g/mol. The van der Waals surface area contributed by atoms with Gasteiger partial charge in [0.15, 0.2) is 11.5 Å². The molecule has 0 aliphatic carbocycles. The molecule has 1 aromatic carbocycles. The third kappa shape index (κ3) is 4.05. The van der Waals surface area contributed by atoms with Gasteiger partial charge in [-0.1, -0.05) is 6.07 Å². The Morgan fingerprint density at radius 2 is 1.74 bits per heavy atom. The van der Waals surface area contributed by atoms with Gasteiger partial charge in [0.25, 0.3) is 0 Å². The first-order valence-corrected chi connectivity index (χ1v) is 6.28. The van der Waals surface area contributed by atoms with Crippen LogP contribution in [0.1, 0.15) is 19.4 Å². The monoisotopic (exact) mass is 267 g/mol. The SMILES string of the molecule is CCN(CC)C(=O)OCc1ccc(OC)c(OC)c1. The van der Waals surface area contributed by atoms with Gasteiger partial charge in [0, 0.05) is 13.1 Å². The van der Waals surface area contributed by atoms with Gasteiger partial charge in [-0.2, -0.15) is 0 Å². The highest BCUT2D eigenvalue weighted by Crippen LogP contribution is 2.27. The van der Waals surface area contributed by atoms with Gasteiger partial charge in [0.2, 0.25) is 0 Å². The number of carbonyl (C=O) groups excluding carboxylic acids is 1. The lowest BCUT2D eigenvalue weighted by atomic mass is 10.2. The highest BCUT2D eigenvalue weighted by molar-refractivity contribution is 5.67. The van der Waals surface area contributed by atoms with Crippen molar-refractivity contribution in [2.24, 2.45) is 0 Å². The molecule has 0 atom stereocenters. The summed E-state index contributed by atoms with van der Waals surface area (Å²) in [6.07, 6.45) is -0.306. The van der Waals surface area contributed by atoms with E-state index in [-0.39, 0.29) is 12.7 Å². The Hall–Kier alpha value is -1.91. The van der Waals surface area contributed by atoms with Gasteiger partial charge < -0.3 is 19.1 Å². The van der Waals surface area contributed by atoms with E-state index in [4.69, 9.17) is 14.2 Å². The molecule has 0 heterocycles. The Kier molecular flexibility index (Phi) is 5.99. The topological polar surface area (TPSA) is 48.0 Å². The fourth-order valence-corrected chi connectivity index (χ4v) is 1.69. The molecule has 1 aromatic rings. The molecule has 0 N–H and O–H groups in total. The summed E-state index contributed by atoms with van der Waals surface area (Å²) in [4.78, 5) is 13.3. The van der Waals surface area contributed by atoms with Crippen LogP contribution in [0.25, 0.3) is 0 Å². The Balaban J connectivity index is 2.65. The first kappa shape index (κ1) is 15.1. The third-order valence-corrected chi connectivity index (χ3v) is 2.83. The highest BCUT2D eigenvalue weighted by Gasteiger charge is 2.11. The number of hydrogen-bond donors (Lipinski definition) is 0. The predicted molar refractivity (Wildman–Crippen MR) is 72.7 cm³/mol. The van der Waals surface area contributed by atoms with Crippen LogP contribution in [0.5, 0.6) is 11.5 Å². The lowest BCUT2D eigenvalue weighted by molar-refractivity contribution is 0.0998. The summed E-state index contributed by atoms with van der Waals surface area (Å²) >= 11 is 0. The van der Waals surface area contributed by atoms with Gasteiger partial charge in [0.1, 0.15) is 6.61 Å². The number of amides is 1. The molecule has 0 spiro atoms. The number of benzene rings is 1. The van der Waals surface area contributed by atoms with Crippen LogP contribution >= 0.6 is 0 Å². The van der Waals surface area contributed by atoms with Crippen LogP contribution in [0.3, 0.4) is 0 Å². The summed E-state index contributed by atoms with van der Waals surface area (Å²) in [5.74, 6) is 1.28. The van der Waals surface area contributed by atoms with Gasteiger partial charge in [-0.15, -0.1) is 0 Å². The minimum atomic E-state index is -0.306. The van der Waals surface area contributed by atoms with Crippen LogP contribution in [0.15, 0.2) is 18.2 Å². The molecule has 1 amide bonds. The maximum atomic E-state index is 11.7. The van der Waals surface area contributed by atoms with E-state index in [0.29, 0.717) is 24.6 Å². The molecule has 1 rings (SSSR count). The van der Waals surface area contributed by atoms with Crippen LogP contribution in [0.4, 0.5) is 4.79 Å². The molecule has 5 heteroatoms. The molecule has 5 nitrogen and oxygen atoms in total. The van der Waals surface area contributed by atoms with Gasteiger partial charge in [0.05, 0.1) is 14.2 Å². The van der Waals surface area contributed by atoms with Crippen molar-refractivity contribution in [3.63, 3.8) is 0 Å². The highest BCUT2D eigenvalue weighted by atomic mass is 16.6. The summed E-state index contributed by atoms with van der Waals surface area (Å²) in [6.45, 7) is 5.33. The van der Waals surface area contributed by atoms with Crippen molar-refractivity contribution in [3.05, 3.63) is 23.8 Å². The van der Waals surface area contributed by atoms with Gasteiger partial charge in [-0.25, -0.2) is 4.79 Å². The van der Waals surface area contributed by atoms with Crippen molar-refractivity contribution in [1.82, 2.24) is 4.90 Å². The molecule has 0 bridgehead atoms. The standard InChI is InChI=1S/C14H21NO4/c1-5-15(6-2)14(16)19-10-11-7-8-12(17-3)13(9-11)18-4/h7-9H,5-6,10H2,1-4H3. The zero-order valence-electron chi connectivity index (χ0n) is 11.9. The smallest absolute Gasteiger partial charge is 0.410 e. The number of methoxy groups -OCH3 is 2.